The molecule has 1 amide bonds. The minimum Gasteiger partial charge on any atom is -0.468 e. The van der Waals surface area contributed by atoms with Crippen LogP contribution in [0, 0.1) is 0 Å². The van der Waals surface area contributed by atoms with Gasteiger partial charge in [-0.1, -0.05) is 30.3 Å². The van der Waals surface area contributed by atoms with E-state index >= 15 is 0 Å². The molecule has 0 saturated heterocycles. The molecule has 0 radical (unpaired) electrons. The Balaban J connectivity index is 2.56. The fourth-order valence-electron chi connectivity index (χ4n) is 1.61. The molecule has 0 bridgehead atoms. The molecular weight excluding hydrogens is 274 g/mol. The van der Waals surface area contributed by atoms with E-state index in [-0.39, 0.29) is 6.61 Å². The molecule has 1 rings (SSSR count). The maximum Gasteiger partial charge on any atom is 0.431 e. The average molecular weight is 295 g/mol. The molecule has 0 aliphatic heterocycles. The van der Waals surface area contributed by atoms with Crippen LogP contribution in [-0.4, -0.2) is 31.4 Å². The standard InChI is InChI=1S/C15H21NO5/c1-15(2,3)21-14(18)16-20-10-12(13(17)19-4)11-8-6-5-7-9-11/h5-9,12H,10H2,1-4H3,(H,16,18). The second-order valence-corrected chi connectivity index (χ2v) is 5.40. The Labute approximate surface area is 124 Å². The van der Waals surface area contributed by atoms with Crippen LogP contribution in [0.3, 0.4) is 0 Å². The zero-order valence-electron chi connectivity index (χ0n) is 12.7. The lowest BCUT2D eigenvalue weighted by Crippen LogP contribution is -2.34. The molecular formula is C15H21NO5. The van der Waals surface area contributed by atoms with Gasteiger partial charge in [-0.25, -0.2) is 4.79 Å². The number of ether oxygens (including phenoxy) is 2. The van der Waals surface area contributed by atoms with Crippen molar-refractivity contribution in [3.63, 3.8) is 0 Å². The summed E-state index contributed by atoms with van der Waals surface area (Å²) in [5, 5.41) is 0. The number of hydrogen-bond donors (Lipinski definition) is 1. The Hall–Kier alpha value is -2.08. The van der Waals surface area contributed by atoms with E-state index < -0.39 is 23.6 Å². The van der Waals surface area contributed by atoms with Crippen molar-refractivity contribution in [3.05, 3.63) is 35.9 Å². The van der Waals surface area contributed by atoms with Gasteiger partial charge in [0.2, 0.25) is 0 Å². The van der Waals surface area contributed by atoms with Crippen LogP contribution in [0.4, 0.5) is 4.79 Å². The van der Waals surface area contributed by atoms with E-state index in [1.54, 1.807) is 32.9 Å². The van der Waals surface area contributed by atoms with E-state index in [2.05, 4.69) is 5.48 Å². The van der Waals surface area contributed by atoms with Crippen LogP contribution < -0.4 is 5.48 Å². The summed E-state index contributed by atoms with van der Waals surface area (Å²) >= 11 is 0. The van der Waals surface area contributed by atoms with Gasteiger partial charge in [-0.2, -0.15) is 5.48 Å². The van der Waals surface area contributed by atoms with Gasteiger partial charge in [-0.05, 0) is 26.3 Å². The number of hydrogen-bond acceptors (Lipinski definition) is 5. The van der Waals surface area contributed by atoms with Crippen LogP contribution in [0.15, 0.2) is 30.3 Å². The highest BCUT2D eigenvalue weighted by molar-refractivity contribution is 5.78. The van der Waals surface area contributed by atoms with Gasteiger partial charge in [0.15, 0.2) is 0 Å². The zero-order valence-corrected chi connectivity index (χ0v) is 12.7. The number of nitrogens with one attached hydrogen (secondary N) is 1. The molecule has 6 nitrogen and oxygen atoms in total. The molecule has 0 aliphatic rings. The third kappa shape index (κ3) is 6.27. The number of hydroxylamine groups is 1. The largest absolute Gasteiger partial charge is 0.468 e. The molecule has 1 N–H and O–H groups in total. The van der Waals surface area contributed by atoms with Crippen LogP contribution in [0.25, 0.3) is 0 Å². The topological polar surface area (TPSA) is 73.9 Å². The normalized spacial score (nSPS) is 12.4. The predicted molar refractivity (Wildman–Crippen MR) is 76.5 cm³/mol. The molecule has 1 aromatic carbocycles. The minimum atomic E-state index is -0.709. The van der Waals surface area contributed by atoms with Crippen molar-refractivity contribution < 1.29 is 23.9 Å². The molecule has 0 aromatic heterocycles. The Morgan fingerprint density at radius 3 is 2.33 bits per heavy atom. The molecule has 1 aromatic rings. The van der Waals surface area contributed by atoms with Crippen molar-refractivity contribution in [2.24, 2.45) is 0 Å². The monoisotopic (exact) mass is 295 g/mol. The number of amides is 1. The molecule has 0 aliphatic carbocycles. The first-order valence-corrected chi connectivity index (χ1v) is 6.57. The van der Waals surface area contributed by atoms with Gasteiger partial charge in [0.1, 0.15) is 11.5 Å². The van der Waals surface area contributed by atoms with Crippen LogP contribution in [0.5, 0.6) is 0 Å². The molecule has 1 atom stereocenters. The number of methoxy groups -OCH3 is 1. The smallest absolute Gasteiger partial charge is 0.431 e. The average Bonchev–Trinajstić information content (AvgIpc) is 2.42. The summed E-state index contributed by atoms with van der Waals surface area (Å²) in [5.74, 6) is -1.06. The molecule has 0 fully saturated rings. The summed E-state index contributed by atoms with van der Waals surface area (Å²) < 4.78 is 9.76. The first kappa shape index (κ1) is 17.0. The van der Waals surface area contributed by atoms with Crippen LogP contribution in [-0.2, 0) is 19.1 Å². The van der Waals surface area contributed by atoms with Gasteiger partial charge in [-0.15, -0.1) is 0 Å². The van der Waals surface area contributed by atoms with Gasteiger partial charge in [0.05, 0.1) is 13.7 Å². The fraction of sp³-hybridized carbons (Fsp3) is 0.467. The van der Waals surface area contributed by atoms with Gasteiger partial charge in [0, 0.05) is 0 Å². The van der Waals surface area contributed by atoms with Crippen molar-refractivity contribution >= 4 is 12.1 Å². The lowest BCUT2D eigenvalue weighted by molar-refractivity contribution is -0.144. The van der Waals surface area contributed by atoms with Crippen molar-refractivity contribution in [2.45, 2.75) is 32.3 Å². The number of carbonyl (C=O) groups excluding carboxylic acids is 2. The van der Waals surface area contributed by atoms with Crippen molar-refractivity contribution in [1.29, 1.82) is 0 Å². The van der Waals surface area contributed by atoms with E-state index in [9.17, 15) is 9.59 Å². The SMILES string of the molecule is COC(=O)C(CONC(=O)OC(C)(C)C)c1ccccc1. The fourth-order valence-corrected chi connectivity index (χ4v) is 1.61. The molecule has 0 spiro atoms. The molecule has 21 heavy (non-hydrogen) atoms. The Bertz CT molecular complexity index is 467. The van der Waals surface area contributed by atoms with Crippen LogP contribution in [0.2, 0.25) is 0 Å². The first-order chi connectivity index (χ1) is 9.83. The van der Waals surface area contributed by atoms with E-state index in [1.165, 1.54) is 7.11 Å². The number of esters is 1. The summed E-state index contributed by atoms with van der Waals surface area (Å²) in [6.07, 6.45) is -0.709. The highest BCUT2D eigenvalue weighted by atomic mass is 16.7. The Kier molecular flexibility index (Phi) is 6.17. The summed E-state index contributed by atoms with van der Waals surface area (Å²) in [6.45, 7) is 5.19. The third-order valence-corrected chi connectivity index (χ3v) is 2.49. The van der Waals surface area contributed by atoms with E-state index in [1.807, 2.05) is 18.2 Å². The highest BCUT2D eigenvalue weighted by Gasteiger charge is 2.23. The van der Waals surface area contributed by atoms with E-state index in [0.717, 1.165) is 5.56 Å². The van der Waals surface area contributed by atoms with E-state index in [4.69, 9.17) is 14.3 Å². The highest BCUT2D eigenvalue weighted by Crippen LogP contribution is 2.17. The Morgan fingerprint density at radius 1 is 1.19 bits per heavy atom. The van der Waals surface area contributed by atoms with Crippen LogP contribution >= 0.6 is 0 Å². The Morgan fingerprint density at radius 2 is 1.81 bits per heavy atom. The summed E-state index contributed by atoms with van der Waals surface area (Å²) in [6, 6.07) is 9.05. The second kappa shape index (κ2) is 7.64. The van der Waals surface area contributed by atoms with Gasteiger partial charge < -0.3 is 9.47 Å². The number of carbonyl (C=O) groups is 2. The van der Waals surface area contributed by atoms with Gasteiger partial charge >= 0.3 is 12.1 Å². The zero-order chi connectivity index (χ0) is 15.9. The minimum absolute atomic E-state index is 0.0457. The van der Waals surface area contributed by atoms with Crippen LogP contribution in [0.1, 0.15) is 32.3 Å². The quantitative estimate of drug-likeness (QED) is 0.667. The van der Waals surface area contributed by atoms with E-state index in [0.29, 0.717) is 0 Å². The first-order valence-electron chi connectivity index (χ1n) is 6.57. The third-order valence-electron chi connectivity index (χ3n) is 2.49. The van der Waals surface area contributed by atoms with Gasteiger partial charge in [0.25, 0.3) is 0 Å². The van der Waals surface area contributed by atoms with Crippen molar-refractivity contribution in [2.75, 3.05) is 13.7 Å². The number of rotatable bonds is 5. The van der Waals surface area contributed by atoms with Crippen molar-refractivity contribution in [3.8, 4) is 0 Å². The molecule has 6 heteroatoms. The van der Waals surface area contributed by atoms with Crippen molar-refractivity contribution in [1.82, 2.24) is 5.48 Å². The predicted octanol–water partition coefficient (Wildman–Crippen LogP) is 2.40. The summed E-state index contributed by atoms with van der Waals surface area (Å²) in [4.78, 5) is 28.3. The molecule has 0 heterocycles. The molecule has 116 valence electrons. The molecule has 0 saturated carbocycles. The second-order valence-electron chi connectivity index (χ2n) is 5.40. The maximum absolute atomic E-state index is 11.8. The summed E-state index contributed by atoms with van der Waals surface area (Å²) in [7, 11) is 1.31. The lowest BCUT2D eigenvalue weighted by Gasteiger charge is -2.20. The van der Waals surface area contributed by atoms with Gasteiger partial charge in [-0.3, -0.25) is 9.63 Å². The molecule has 1 unspecified atom stereocenters. The number of benzene rings is 1. The maximum atomic E-state index is 11.8. The lowest BCUT2D eigenvalue weighted by atomic mass is 10.0. The summed E-state index contributed by atoms with van der Waals surface area (Å²) in [5.41, 5.74) is 2.28.